The lowest BCUT2D eigenvalue weighted by atomic mass is 10.0. The van der Waals surface area contributed by atoms with Crippen LogP contribution in [-0.2, 0) is 0 Å². The van der Waals surface area contributed by atoms with Gasteiger partial charge in [-0.25, -0.2) is 4.98 Å². The summed E-state index contributed by atoms with van der Waals surface area (Å²) in [5.41, 5.74) is 0.688. The van der Waals surface area contributed by atoms with Gasteiger partial charge in [-0.2, -0.15) is 0 Å². The summed E-state index contributed by atoms with van der Waals surface area (Å²) in [6.45, 7) is 0. The van der Waals surface area contributed by atoms with E-state index in [1.54, 1.807) is 0 Å². The first-order valence-electron chi connectivity index (χ1n) is 4.46. The van der Waals surface area contributed by atoms with Crippen LogP contribution in [0.5, 0.6) is 0 Å². The van der Waals surface area contributed by atoms with Crippen molar-refractivity contribution in [3.8, 4) is 0 Å². The first-order chi connectivity index (χ1) is 7.68. The molecule has 3 heterocycles. The fourth-order valence-electron chi connectivity index (χ4n) is 1.74. The van der Waals surface area contributed by atoms with Crippen molar-refractivity contribution >= 4 is 34.2 Å². The number of halogens is 1. The van der Waals surface area contributed by atoms with Crippen LogP contribution in [0.1, 0.15) is 20.7 Å². The normalized spacial score (nSPS) is 14.1. The third-order valence-corrected chi connectivity index (χ3v) is 2.76. The Balaban J connectivity index is 2.57. The van der Waals surface area contributed by atoms with Gasteiger partial charge in [0.25, 0.3) is 11.8 Å². The number of carbonyl (C=O) groups excluding carboxylic acids is 2. The van der Waals surface area contributed by atoms with E-state index < -0.39 is 11.8 Å². The van der Waals surface area contributed by atoms with Crippen LogP contribution < -0.4 is 5.32 Å². The maximum atomic E-state index is 11.6. The Hall–Kier alpha value is -2.01. The summed E-state index contributed by atoms with van der Waals surface area (Å²) in [6.07, 6.45) is 4.25. The number of imide groups is 1. The maximum Gasteiger partial charge on any atom is 0.260 e. The van der Waals surface area contributed by atoms with Crippen molar-refractivity contribution in [2.75, 3.05) is 0 Å². The molecule has 3 rings (SSSR count). The van der Waals surface area contributed by atoms with Crippen LogP contribution in [0.4, 0.5) is 0 Å². The molecule has 78 valence electrons. The van der Waals surface area contributed by atoms with Crippen LogP contribution in [0.25, 0.3) is 10.8 Å². The molecule has 0 saturated carbocycles. The summed E-state index contributed by atoms with van der Waals surface area (Å²) in [6, 6.07) is 0. The molecule has 0 aliphatic carbocycles. The Morgan fingerprint density at radius 2 is 1.75 bits per heavy atom. The van der Waals surface area contributed by atoms with E-state index >= 15 is 0 Å². The number of pyridine rings is 2. The second-order valence-electron chi connectivity index (χ2n) is 3.36. The number of aromatic nitrogens is 2. The Morgan fingerprint density at radius 3 is 2.50 bits per heavy atom. The van der Waals surface area contributed by atoms with Crippen LogP contribution in [-0.4, -0.2) is 21.8 Å². The fraction of sp³-hybridized carbons (Fsp3) is 0. The van der Waals surface area contributed by atoms with E-state index in [0.717, 1.165) is 0 Å². The van der Waals surface area contributed by atoms with Gasteiger partial charge in [-0.15, -0.1) is 0 Å². The largest absolute Gasteiger partial charge is 0.288 e. The molecule has 1 aliphatic rings. The fourth-order valence-corrected chi connectivity index (χ4v) is 1.94. The topological polar surface area (TPSA) is 72.0 Å². The van der Waals surface area contributed by atoms with Crippen LogP contribution in [0.3, 0.4) is 0 Å². The van der Waals surface area contributed by atoms with E-state index in [9.17, 15) is 9.59 Å². The van der Waals surface area contributed by atoms with Gasteiger partial charge in [-0.1, -0.05) is 11.6 Å². The zero-order chi connectivity index (χ0) is 11.3. The predicted molar refractivity (Wildman–Crippen MR) is 56.3 cm³/mol. The van der Waals surface area contributed by atoms with Gasteiger partial charge >= 0.3 is 0 Å². The molecule has 0 fully saturated rings. The van der Waals surface area contributed by atoms with E-state index in [4.69, 9.17) is 11.6 Å². The highest BCUT2D eigenvalue weighted by molar-refractivity contribution is 6.36. The Kier molecular flexibility index (Phi) is 1.73. The molecule has 16 heavy (non-hydrogen) atoms. The lowest BCUT2D eigenvalue weighted by molar-refractivity contribution is 0.0844. The number of carbonyl (C=O) groups is 2. The summed E-state index contributed by atoms with van der Waals surface area (Å²) in [5, 5.41) is 3.48. The average molecular weight is 234 g/mol. The lowest BCUT2D eigenvalue weighted by Crippen LogP contribution is -2.34. The molecular weight excluding hydrogens is 230 g/mol. The van der Waals surface area contributed by atoms with Crippen LogP contribution in [0.2, 0.25) is 5.15 Å². The molecule has 2 aromatic heterocycles. The summed E-state index contributed by atoms with van der Waals surface area (Å²) in [7, 11) is 0. The summed E-state index contributed by atoms with van der Waals surface area (Å²) in [5.74, 6) is -0.921. The SMILES string of the molecule is O=C1NC(=O)c2cnc(Cl)c3cncc1c23. The minimum absolute atomic E-state index is 0.232. The van der Waals surface area contributed by atoms with Crippen molar-refractivity contribution in [3.63, 3.8) is 0 Å². The molecule has 5 nitrogen and oxygen atoms in total. The van der Waals surface area contributed by atoms with Gasteiger partial charge < -0.3 is 0 Å². The van der Waals surface area contributed by atoms with Gasteiger partial charge in [0.2, 0.25) is 0 Å². The van der Waals surface area contributed by atoms with Crippen LogP contribution >= 0.6 is 11.6 Å². The lowest BCUT2D eigenvalue weighted by Gasteiger charge is -2.15. The molecule has 0 bridgehead atoms. The van der Waals surface area contributed by atoms with E-state index in [0.29, 0.717) is 21.9 Å². The Labute approximate surface area is 94.5 Å². The molecule has 0 unspecified atom stereocenters. The van der Waals surface area contributed by atoms with Crippen molar-refractivity contribution in [2.24, 2.45) is 0 Å². The summed E-state index contributed by atoms with van der Waals surface area (Å²) in [4.78, 5) is 30.9. The predicted octanol–water partition coefficient (Wildman–Crippen LogP) is 1.17. The third kappa shape index (κ3) is 1.06. The van der Waals surface area contributed by atoms with Gasteiger partial charge in [0.15, 0.2) is 0 Å². The number of hydrogen-bond donors (Lipinski definition) is 1. The van der Waals surface area contributed by atoms with Crippen molar-refractivity contribution in [1.29, 1.82) is 0 Å². The molecule has 1 N–H and O–H groups in total. The van der Waals surface area contributed by atoms with E-state index in [-0.39, 0.29) is 5.15 Å². The first kappa shape index (κ1) is 9.23. The van der Waals surface area contributed by atoms with Crippen molar-refractivity contribution < 1.29 is 9.59 Å². The zero-order valence-corrected chi connectivity index (χ0v) is 8.58. The number of nitrogens with zero attached hydrogens (tertiary/aromatic N) is 2. The number of hydrogen-bond acceptors (Lipinski definition) is 4. The van der Waals surface area contributed by atoms with E-state index in [2.05, 4.69) is 15.3 Å². The molecule has 0 atom stereocenters. The van der Waals surface area contributed by atoms with Gasteiger partial charge in [0.1, 0.15) is 5.15 Å². The second-order valence-corrected chi connectivity index (χ2v) is 3.71. The molecule has 1 aliphatic heterocycles. The Morgan fingerprint density at radius 1 is 1.06 bits per heavy atom. The van der Waals surface area contributed by atoms with Gasteiger partial charge in [-0.05, 0) is 0 Å². The Bertz CT molecular complexity index is 634. The molecule has 0 spiro atoms. The second kappa shape index (κ2) is 2.99. The van der Waals surface area contributed by atoms with Crippen LogP contribution in [0, 0.1) is 0 Å². The van der Waals surface area contributed by atoms with Gasteiger partial charge in [0, 0.05) is 29.4 Å². The van der Waals surface area contributed by atoms with Gasteiger partial charge in [0.05, 0.1) is 11.1 Å². The van der Waals surface area contributed by atoms with Crippen molar-refractivity contribution in [3.05, 3.63) is 34.9 Å². The van der Waals surface area contributed by atoms with E-state index in [1.165, 1.54) is 18.6 Å². The average Bonchev–Trinajstić information content (AvgIpc) is 2.27. The number of nitrogens with one attached hydrogen (secondary N) is 1. The number of rotatable bonds is 0. The third-order valence-electron chi connectivity index (χ3n) is 2.46. The van der Waals surface area contributed by atoms with Gasteiger partial charge in [-0.3, -0.25) is 19.9 Å². The highest BCUT2D eigenvalue weighted by atomic mass is 35.5. The van der Waals surface area contributed by atoms with E-state index in [1.807, 2.05) is 0 Å². The maximum absolute atomic E-state index is 11.6. The molecule has 2 aromatic rings. The van der Waals surface area contributed by atoms with Crippen LogP contribution in [0.15, 0.2) is 18.6 Å². The van der Waals surface area contributed by atoms with Crippen molar-refractivity contribution in [2.45, 2.75) is 0 Å². The minimum Gasteiger partial charge on any atom is -0.288 e. The highest BCUT2D eigenvalue weighted by Crippen LogP contribution is 2.28. The highest BCUT2D eigenvalue weighted by Gasteiger charge is 2.26. The molecule has 0 aromatic carbocycles. The molecular formula is C10H4ClN3O2. The number of amides is 2. The molecule has 2 amide bonds. The molecule has 0 saturated heterocycles. The zero-order valence-electron chi connectivity index (χ0n) is 7.82. The quantitative estimate of drug-likeness (QED) is 0.548. The van der Waals surface area contributed by atoms with Crippen molar-refractivity contribution in [1.82, 2.24) is 15.3 Å². The molecule has 6 heteroatoms. The molecule has 0 radical (unpaired) electrons. The minimum atomic E-state index is -0.460. The summed E-state index contributed by atoms with van der Waals surface area (Å²) >= 11 is 5.88. The standard InChI is InChI=1S/C10H4ClN3O2/c11-8-4-1-12-2-5-7(4)6(3-13-8)10(16)14-9(5)15/h1-3H,(H,14,15,16). The monoisotopic (exact) mass is 233 g/mol. The summed E-state index contributed by atoms with van der Waals surface area (Å²) < 4.78 is 0. The smallest absolute Gasteiger partial charge is 0.260 e. The first-order valence-corrected chi connectivity index (χ1v) is 4.84.